The summed E-state index contributed by atoms with van der Waals surface area (Å²) < 4.78 is 0. The maximum atomic E-state index is 5.71. The maximum absolute atomic E-state index is 5.71. The Labute approximate surface area is 123 Å². The van der Waals surface area contributed by atoms with E-state index in [-0.39, 0.29) is 0 Å². The molecule has 3 heteroatoms. The molecule has 0 aromatic heterocycles. The SMILES string of the molecule is Cc1cc(C)cc(CN2CCN(CC(C)CN)CC2)c1. The zero-order valence-corrected chi connectivity index (χ0v) is 13.2. The van der Waals surface area contributed by atoms with Crippen LogP contribution in [0.5, 0.6) is 0 Å². The highest BCUT2D eigenvalue weighted by Crippen LogP contribution is 2.13. The van der Waals surface area contributed by atoms with Crippen LogP contribution in [0.3, 0.4) is 0 Å². The minimum absolute atomic E-state index is 0.612. The van der Waals surface area contributed by atoms with Crippen LogP contribution in [0.25, 0.3) is 0 Å². The van der Waals surface area contributed by atoms with Crippen molar-refractivity contribution in [2.24, 2.45) is 11.7 Å². The molecule has 20 heavy (non-hydrogen) atoms. The third kappa shape index (κ3) is 4.58. The van der Waals surface area contributed by atoms with Crippen LogP contribution in [-0.2, 0) is 6.54 Å². The molecular formula is C17H29N3. The van der Waals surface area contributed by atoms with E-state index in [1.807, 2.05) is 0 Å². The van der Waals surface area contributed by atoms with E-state index in [0.717, 1.165) is 19.6 Å². The summed E-state index contributed by atoms with van der Waals surface area (Å²) in [5.41, 5.74) is 9.90. The van der Waals surface area contributed by atoms with Gasteiger partial charge >= 0.3 is 0 Å². The molecule has 0 saturated carbocycles. The lowest BCUT2D eigenvalue weighted by Crippen LogP contribution is -2.47. The van der Waals surface area contributed by atoms with Crippen molar-refractivity contribution < 1.29 is 0 Å². The van der Waals surface area contributed by atoms with Gasteiger partial charge in [0.05, 0.1) is 0 Å². The second kappa shape index (κ2) is 7.21. The van der Waals surface area contributed by atoms with E-state index in [2.05, 4.69) is 48.8 Å². The second-order valence-corrected chi connectivity index (χ2v) is 6.41. The van der Waals surface area contributed by atoms with Crippen LogP contribution < -0.4 is 5.73 Å². The molecule has 0 spiro atoms. The number of hydrogen-bond acceptors (Lipinski definition) is 3. The molecule has 1 atom stereocenters. The fourth-order valence-corrected chi connectivity index (χ4v) is 3.06. The van der Waals surface area contributed by atoms with Crippen molar-refractivity contribution in [1.82, 2.24) is 9.80 Å². The first-order valence-corrected chi connectivity index (χ1v) is 7.79. The molecule has 112 valence electrons. The fraction of sp³-hybridized carbons (Fsp3) is 0.647. The lowest BCUT2D eigenvalue weighted by Gasteiger charge is -2.35. The number of hydrogen-bond donors (Lipinski definition) is 1. The van der Waals surface area contributed by atoms with Gasteiger partial charge in [0, 0.05) is 39.3 Å². The summed E-state index contributed by atoms with van der Waals surface area (Å²) in [5, 5.41) is 0. The van der Waals surface area contributed by atoms with Crippen LogP contribution in [0, 0.1) is 19.8 Å². The van der Waals surface area contributed by atoms with Gasteiger partial charge in [0.1, 0.15) is 0 Å². The van der Waals surface area contributed by atoms with Gasteiger partial charge in [0.2, 0.25) is 0 Å². The molecule has 0 radical (unpaired) electrons. The molecule has 1 fully saturated rings. The normalized spacial score (nSPS) is 19.2. The van der Waals surface area contributed by atoms with Gasteiger partial charge in [0.25, 0.3) is 0 Å². The predicted molar refractivity (Wildman–Crippen MR) is 85.9 cm³/mol. The first kappa shape index (κ1) is 15.5. The topological polar surface area (TPSA) is 32.5 Å². The Morgan fingerprint density at radius 2 is 1.55 bits per heavy atom. The van der Waals surface area contributed by atoms with Crippen molar-refractivity contribution in [2.45, 2.75) is 27.3 Å². The molecule has 1 aromatic rings. The van der Waals surface area contributed by atoms with Gasteiger partial charge in [-0.1, -0.05) is 36.2 Å². The molecule has 3 nitrogen and oxygen atoms in total. The van der Waals surface area contributed by atoms with Gasteiger partial charge < -0.3 is 10.6 Å². The summed E-state index contributed by atoms with van der Waals surface area (Å²) in [6, 6.07) is 6.88. The second-order valence-electron chi connectivity index (χ2n) is 6.41. The standard InChI is InChI=1S/C17H29N3/c1-14-8-15(2)10-17(9-14)13-20-6-4-19(5-7-20)12-16(3)11-18/h8-10,16H,4-7,11-13,18H2,1-3H3. The molecule has 0 aliphatic carbocycles. The van der Waals surface area contributed by atoms with Gasteiger partial charge in [-0.2, -0.15) is 0 Å². The van der Waals surface area contributed by atoms with Crippen molar-refractivity contribution in [3.05, 3.63) is 34.9 Å². The summed E-state index contributed by atoms with van der Waals surface area (Å²) in [7, 11) is 0. The van der Waals surface area contributed by atoms with Crippen molar-refractivity contribution in [3.8, 4) is 0 Å². The Morgan fingerprint density at radius 3 is 2.10 bits per heavy atom. The molecule has 1 heterocycles. The third-order valence-corrected chi connectivity index (χ3v) is 4.12. The quantitative estimate of drug-likeness (QED) is 0.892. The van der Waals surface area contributed by atoms with Gasteiger partial charge in [-0.05, 0) is 31.9 Å². The molecule has 1 saturated heterocycles. The van der Waals surface area contributed by atoms with E-state index in [9.17, 15) is 0 Å². The van der Waals surface area contributed by atoms with E-state index < -0.39 is 0 Å². The number of nitrogens with zero attached hydrogens (tertiary/aromatic N) is 2. The molecule has 0 amide bonds. The van der Waals surface area contributed by atoms with Crippen LogP contribution in [0.1, 0.15) is 23.6 Å². The average molecular weight is 275 g/mol. The highest BCUT2D eigenvalue weighted by Gasteiger charge is 2.18. The average Bonchev–Trinajstić information content (AvgIpc) is 2.39. The van der Waals surface area contributed by atoms with Gasteiger partial charge in [-0.15, -0.1) is 0 Å². The minimum atomic E-state index is 0.612. The Bertz CT molecular complexity index is 402. The number of rotatable bonds is 5. The van der Waals surface area contributed by atoms with E-state index >= 15 is 0 Å². The van der Waals surface area contributed by atoms with Crippen LogP contribution in [0.2, 0.25) is 0 Å². The predicted octanol–water partition coefficient (Wildman–Crippen LogP) is 2.02. The zero-order chi connectivity index (χ0) is 14.5. The first-order chi connectivity index (χ1) is 9.56. The monoisotopic (exact) mass is 275 g/mol. The smallest absolute Gasteiger partial charge is 0.0235 e. The summed E-state index contributed by atoms with van der Waals surface area (Å²) >= 11 is 0. The first-order valence-electron chi connectivity index (χ1n) is 7.79. The highest BCUT2D eigenvalue weighted by atomic mass is 15.3. The third-order valence-electron chi connectivity index (χ3n) is 4.12. The largest absolute Gasteiger partial charge is 0.330 e. The molecule has 1 aliphatic heterocycles. The van der Waals surface area contributed by atoms with Crippen LogP contribution in [0.15, 0.2) is 18.2 Å². The number of nitrogens with two attached hydrogens (primary N) is 1. The Morgan fingerprint density at radius 1 is 1.00 bits per heavy atom. The molecule has 2 N–H and O–H groups in total. The molecular weight excluding hydrogens is 246 g/mol. The highest BCUT2D eigenvalue weighted by molar-refractivity contribution is 5.28. The summed E-state index contributed by atoms with van der Waals surface area (Å²) in [6.07, 6.45) is 0. The summed E-state index contributed by atoms with van der Waals surface area (Å²) in [6.45, 7) is 14.3. The Balaban J connectivity index is 1.82. The van der Waals surface area contributed by atoms with Crippen LogP contribution in [-0.4, -0.2) is 49.1 Å². The number of benzene rings is 1. The van der Waals surface area contributed by atoms with Crippen LogP contribution >= 0.6 is 0 Å². The van der Waals surface area contributed by atoms with Crippen molar-refractivity contribution in [3.63, 3.8) is 0 Å². The zero-order valence-electron chi connectivity index (χ0n) is 13.2. The lowest BCUT2D eigenvalue weighted by molar-refractivity contribution is 0.116. The lowest BCUT2D eigenvalue weighted by atomic mass is 10.1. The number of aryl methyl sites for hydroxylation is 2. The molecule has 1 unspecified atom stereocenters. The van der Waals surface area contributed by atoms with E-state index in [0.29, 0.717) is 5.92 Å². The molecule has 1 aromatic carbocycles. The van der Waals surface area contributed by atoms with Gasteiger partial charge in [0.15, 0.2) is 0 Å². The molecule has 1 aliphatic rings. The Hall–Kier alpha value is -0.900. The Kier molecular flexibility index (Phi) is 5.58. The van der Waals surface area contributed by atoms with E-state index in [1.165, 1.54) is 42.9 Å². The van der Waals surface area contributed by atoms with E-state index in [4.69, 9.17) is 5.73 Å². The van der Waals surface area contributed by atoms with Crippen molar-refractivity contribution in [1.29, 1.82) is 0 Å². The maximum Gasteiger partial charge on any atom is 0.0235 e. The van der Waals surface area contributed by atoms with Gasteiger partial charge in [-0.25, -0.2) is 0 Å². The summed E-state index contributed by atoms with van der Waals surface area (Å²) in [4.78, 5) is 5.12. The molecule has 0 bridgehead atoms. The summed E-state index contributed by atoms with van der Waals surface area (Å²) in [5.74, 6) is 0.612. The molecule has 2 rings (SSSR count). The van der Waals surface area contributed by atoms with E-state index in [1.54, 1.807) is 0 Å². The van der Waals surface area contributed by atoms with Crippen LogP contribution in [0.4, 0.5) is 0 Å². The minimum Gasteiger partial charge on any atom is -0.330 e. The van der Waals surface area contributed by atoms with Crippen molar-refractivity contribution in [2.75, 3.05) is 39.3 Å². The van der Waals surface area contributed by atoms with Gasteiger partial charge in [-0.3, -0.25) is 4.90 Å². The number of piperazine rings is 1. The van der Waals surface area contributed by atoms with Crippen molar-refractivity contribution >= 4 is 0 Å². The fourth-order valence-electron chi connectivity index (χ4n) is 3.06.